The van der Waals surface area contributed by atoms with Crippen LogP contribution in [0.3, 0.4) is 0 Å². The normalized spacial score (nSPS) is 11.0. The summed E-state index contributed by atoms with van der Waals surface area (Å²) in [7, 11) is 1.42. The average molecular weight is 462 g/mol. The number of fused-ring (bicyclic) bond motifs is 1. The van der Waals surface area contributed by atoms with Crippen molar-refractivity contribution in [2.45, 2.75) is 0 Å². The minimum absolute atomic E-state index is 0.0496. The van der Waals surface area contributed by atoms with E-state index in [1.807, 2.05) is 0 Å². The molecule has 1 aromatic heterocycles. The first-order chi connectivity index (χ1) is 16.5. The summed E-state index contributed by atoms with van der Waals surface area (Å²) >= 11 is 0. The van der Waals surface area contributed by atoms with Crippen LogP contribution in [-0.2, 0) is 4.79 Å². The molecule has 0 saturated carbocycles. The molecular weight excluding hydrogens is 443 g/mol. The van der Waals surface area contributed by atoms with Gasteiger partial charge in [-0.05, 0) is 48.0 Å². The Morgan fingerprint density at radius 2 is 1.85 bits per heavy atom. The maximum Gasteiger partial charge on any atom is 0.349 e. The molecule has 1 heterocycles. The predicted octanol–water partition coefficient (Wildman–Crippen LogP) is 2.74. The number of anilines is 1. The third-order valence-corrected chi connectivity index (χ3v) is 4.80. The molecule has 0 aliphatic carbocycles. The smallest absolute Gasteiger partial charge is 0.349 e. The molecule has 34 heavy (non-hydrogen) atoms. The number of hydrogen-bond acceptors (Lipinski definition) is 6. The van der Waals surface area contributed by atoms with Gasteiger partial charge >= 0.3 is 5.69 Å². The molecule has 9 nitrogen and oxygen atoms in total. The molecule has 1 amide bonds. The second-order valence-corrected chi connectivity index (χ2v) is 7.06. The molecule has 0 fully saturated rings. The van der Waals surface area contributed by atoms with Crippen LogP contribution in [0.15, 0.2) is 81.4 Å². The van der Waals surface area contributed by atoms with Crippen LogP contribution in [0.5, 0.6) is 11.5 Å². The first-order valence-corrected chi connectivity index (χ1v) is 10.1. The number of methoxy groups -OCH3 is 1. The van der Waals surface area contributed by atoms with Crippen LogP contribution in [0.2, 0.25) is 0 Å². The van der Waals surface area contributed by atoms with Crippen molar-refractivity contribution in [3.63, 3.8) is 0 Å². The van der Waals surface area contributed by atoms with Gasteiger partial charge in [-0.2, -0.15) is 5.10 Å². The lowest BCUT2D eigenvalue weighted by Crippen LogP contribution is -2.32. The summed E-state index contributed by atoms with van der Waals surface area (Å²) in [6.45, 7) is -0.375. The molecule has 0 aliphatic heterocycles. The third-order valence-electron chi connectivity index (χ3n) is 4.80. The molecule has 10 heteroatoms. The number of rotatable bonds is 7. The first kappa shape index (κ1) is 22.5. The summed E-state index contributed by atoms with van der Waals surface area (Å²) in [5, 5.41) is 6.75. The number of nitrogens with zero attached hydrogens (tertiary/aromatic N) is 2. The lowest BCUT2D eigenvalue weighted by Gasteiger charge is -2.11. The van der Waals surface area contributed by atoms with Gasteiger partial charge in [0.2, 0.25) is 0 Å². The van der Waals surface area contributed by atoms with Crippen molar-refractivity contribution < 1.29 is 18.7 Å². The largest absolute Gasteiger partial charge is 0.493 e. The van der Waals surface area contributed by atoms with Crippen LogP contribution in [-0.4, -0.2) is 35.5 Å². The summed E-state index contributed by atoms with van der Waals surface area (Å²) < 4.78 is 25.2. The number of halogens is 1. The molecule has 4 rings (SSSR count). The summed E-state index contributed by atoms with van der Waals surface area (Å²) in [5.74, 6) is -0.541. The van der Waals surface area contributed by atoms with E-state index < -0.39 is 23.0 Å². The molecule has 0 atom stereocenters. The molecule has 0 unspecified atom stereocenters. The first-order valence-electron chi connectivity index (χ1n) is 10.1. The monoisotopic (exact) mass is 462 g/mol. The van der Waals surface area contributed by atoms with Gasteiger partial charge < -0.3 is 19.8 Å². The zero-order valence-electron chi connectivity index (χ0n) is 17.9. The fourth-order valence-corrected chi connectivity index (χ4v) is 3.16. The van der Waals surface area contributed by atoms with Gasteiger partial charge in [0, 0.05) is 0 Å². The van der Waals surface area contributed by atoms with Crippen LogP contribution >= 0.6 is 0 Å². The Kier molecular flexibility index (Phi) is 6.49. The van der Waals surface area contributed by atoms with E-state index in [1.165, 1.54) is 31.5 Å². The molecule has 0 saturated heterocycles. The Labute approximate surface area is 192 Å². The van der Waals surface area contributed by atoms with Crippen molar-refractivity contribution in [3.8, 4) is 11.5 Å². The van der Waals surface area contributed by atoms with E-state index in [2.05, 4.69) is 15.4 Å². The number of H-pyrrole nitrogens is 1. The highest BCUT2D eigenvalue weighted by Gasteiger charge is 2.11. The minimum Gasteiger partial charge on any atom is -0.493 e. The fourth-order valence-electron chi connectivity index (χ4n) is 3.16. The Bertz CT molecular complexity index is 1510. The Morgan fingerprint density at radius 1 is 1.09 bits per heavy atom. The average Bonchev–Trinajstić information content (AvgIpc) is 2.84. The van der Waals surface area contributed by atoms with Gasteiger partial charge in [0.1, 0.15) is 5.82 Å². The molecule has 172 valence electrons. The molecule has 0 bridgehead atoms. The molecule has 0 aliphatic rings. The third kappa shape index (κ3) is 4.85. The van der Waals surface area contributed by atoms with Crippen molar-refractivity contribution in [1.82, 2.24) is 9.66 Å². The van der Waals surface area contributed by atoms with Crippen LogP contribution < -0.4 is 26.0 Å². The second kappa shape index (κ2) is 9.82. The number of hydrogen-bond donors (Lipinski definition) is 2. The minimum atomic E-state index is -0.673. The van der Waals surface area contributed by atoms with Gasteiger partial charge in [-0.3, -0.25) is 9.59 Å². The van der Waals surface area contributed by atoms with Crippen molar-refractivity contribution in [3.05, 3.63) is 98.9 Å². The zero-order valence-corrected chi connectivity index (χ0v) is 17.9. The van der Waals surface area contributed by atoms with Crippen molar-refractivity contribution >= 4 is 28.7 Å². The van der Waals surface area contributed by atoms with E-state index >= 15 is 0 Å². The summed E-state index contributed by atoms with van der Waals surface area (Å²) in [5.41, 5.74) is -0.240. The number of carbonyl (C=O) groups is 1. The number of benzene rings is 3. The lowest BCUT2D eigenvalue weighted by molar-refractivity contribution is -0.118. The number of para-hydroxylation sites is 2. The zero-order chi connectivity index (χ0) is 24.1. The SMILES string of the molecule is COc1cc(C=Nn2c(=O)[nH]c3ccccc3c2=O)ccc1OCC(=O)Nc1ccccc1F. The molecule has 3 aromatic carbocycles. The quantitative estimate of drug-likeness (QED) is 0.410. The van der Waals surface area contributed by atoms with E-state index in [0.717, 1.165) is 4.68 Å². The lowest BCUT2D eigenvalue weighted by atomic mass is 10.2. The van der Waals surface area contributed by atoms with Gasteiger partial charge in [0.15, 0.2) is 18.1 Å². The fraction of sp³-hybridized carbons (Fsp3) is 0.0833. The number of amides is 1. The van der Waals surface area contributed by atoms with Gasteiger partial charge in [-0.15, -0.1) is 4.68 Å². The van der Waals surface area contributed by atoms with Crippen LogP contribution in [0.25, 0.3) is 10.9 Å². The number of aromatic nitrogens is 2. The predicted molar refractivity (Wildman–Crippen MR) is 125 cm³/mol. The van der Waals surface area contributed by atoms with Crippen LogP contribution in [0.1, 0.15) is 5.56 Å². The molecular formula is C24H19FN4O5. The maximum absolute atomic E-state index is 13.7. The Morgan fingerprint density at radius 3 is 2.65 bits per heavy atom. The highest BCUT2D eigenvalue weighted by atomic mass is 19.1. The van der Waals surface area contributed by atoms with Crippen LogP contribution in [0.4, 0.5) is 10.1 Å². The number of nitrogens with one attached hydrogen (secondary N) is 2. The van der Waals surface area contributed by atoms with E-state index in [9.17, 15) is 18.8 Å². The van der Waals surface area contributed by atoms with Crippen LogP contribution in [0, 0.1) is 5.82 Å². The highest BCUT2D eigenvalue weighted by Crippen LogP contribution is 2.27. The Balaban J connectivity index is 1.49. The highest BCUT2D eigenvalue weighted by molar-refractivity contribution is 5.92. The Hall–Kier alpha value is -4.73. The van der Waals surface area contributed by atoms with E-state index in [1.54, 1.807) is 48.5 Å². The van der Waals surface area contributed by atoms with E-state index in [4.69, 9.17) is 9.47 Å². The maximum atomic E-state index is 13.7. The molecule has 2 N–H and O–H groups in total. The second-order valence-electron chi connectivity index (χ2n) is 7.06. The van der Waals surface area contributed by atoms with Crippen molar-refractivity contribution in [1.29, 1.82) is 0 Å². The standard InChI is InChI=1S/C24H19FN4O5/c1-33-21-12-15(13-26-29-23(31)16-6-2-4-8-18(16)28-24(29)32)10-11-20(21)34-14-22(30)27-19-9-5-3-7-17(19)25/h2-13H,14H2,1H3,(H,27,30)(H,28,32). The van der Waals surface area contributed by atoms with Crippen molar-refractivity contribution in [2.24, 2.45) is 5.10 Å². The van der Waals surface area contributed by atoms with E-state index in [0.29, 0.717) is 22.2 Å². The summed E-state index contributed by atoms with van der Waals surface area (Å²) in [6, 6.07) is 17.1. The molecule has 0 spiro atoms. The van der Waals surface area contributed by atoms with Gasteiger partial charge in [-0.1, -0.05) is 24.3 Å². The summed E-state index contributed by atoms with van der Waals surface area (Å²) in [4.78, 5) is 39.5. The van der Waals surface area contributed by atoms with E-state index in [-0.39, 0.29) is 18.0 Å². The van der Waals surface area contributed by atoms with Gasteiger partial charge in [0.25, 0.3) is 11.5 Å². The van der Waals surface area contributed by atoms with Gasteiger partial charge in [0.05, 0.1) is 29.9 Å². The molecule has 0 radical (unpaired) electrons. The number of aromatic amines is 1. The number of carbonyl (C=O) groups excluding carboxylic acids is 1. The van der Waals surface area contributed by atoms with Gasteiger partial charge in [-0.25, -0.2) is 9.18 Å². The summed E-state index contributed by atoms with van der Waals surface area (Å²) in [6.07, 6.45) is 1.32. The number of ether oxygens (including phenoxy) is 2. The van der Waals surface area contributed by atoms with Crippen molar-refractivity contribution in [2.75, 3.05) is 19.0 Å². The molecule has 4 aromatic rings. The topological polar surface area (TPSA) is 115 Å².